The van der Waals surface area contributed by atoms with Crippen LogP contribution >= 0.6 is 0 Å². The molecule has 5 rings (SSSR count). The van der Waals surface area contributed by atoms with E-state index in [0.717, 1.165) is 49.5 Å². The SMILES string of the molecule is COc1ccc(-c2cn(C[C@H]3C[C@H]4CCN3C[C@H]4C(=O)NCCNC(C)=O)nn2)cc1. The fourth-order valence-corrected chi connectivity index (χ4v) is 4.68. The molecular weight excluding hydrogens is 396 g/mol. The van der Waals surface area contributed by atoms with Crippen molar-refractivity contribution in [3.63, 3.8) is 0 Å². The minimum Gasteiger partial charge on any atom is -0.497 e. The highest BCUT2D eigenvalue weighted by atomic mass is 16.5. The van der Waals surface area contributed by atoms with Crippen molar-refractivity contribution in [1.29, 1.82) is 0 Å². The number of amides is 2. The van der Waals surface area contributed by atoms with Gasteiger partial charge in [0.05, 0.1) is 25.8 Å². The smallest absolute Gasteiger partial charge is 0.224 e. The Balaban J connectivity index is 1.31. The largest absolute Gasteiger partial charge is 0.497 e. The van der Waals surface area contributed by atoms with Gasteiger partial charge in [0.15, 0.2) is 0 Å². The molecule has 3 aliphatic rings. The number of hydrogen-bond donors (Lipinski definition) is 2. The van der Waals surface area contributed by atoms with Gasteiger partial charge in [0.2, 0.25) is 11.8 Å². The molecule has 2 aromatic rings. The zero-order valence-electron chi connectivity index (χ0n) is 18.1. The molecule has 1 unspecified atom stereocenters. The van der Waals surface area contributed by atoms with E-state index in [4.69, 9.17) is 4.74 Å². The standard InChI is InChI=1S/C22H30N6O3/c1-15(29)23-8-9-24-22(30)20-13-27-10-7-17(20)11-18(27)12-28-14-21(25-26-28)16-3-5-19(31-2)6-4-16/h3-6,14,17-18,20H,7-13H2,1-2H3,(H,23,29)(H,24,30)/t17-,18-,20-/m1/s1. The van der Waals surface area contributed by atoms with Gasteiger partial charge < -0.3 is 15.4 Å². The topological polar surface area (TPSA) is 101 Å². The Bertz CT molecular complexity index is 912. The van der Waals surface area contributed by atoms with E-state index in [1.54, 1.807) is 7.11 Å². The van der Waals surface area contributed by atoms with Gasteiger partial charge in [0.1, 0.15) is 11.4 Å². The lowest BCUT2D eigenvalue weighted by Gasteiger charge is -2.49. The first-order valence-electron chi connectivity index (χ1n) is 10.8. The summed E-state index contributed by atoms with van der Waals surface area (Å²) in [6.07, 6.45) is 4.02. The van der Waals surface area contributed by atoms with Crippen LogP contribution in [-0.4, -0.2) is 71.0 Å². The van der Waals surface area contributed by atoms with Crippen LogP contribution < -0.4 is 15.4 Å². The lowest BCUT2D eigenvalue weighted by molar-refractivity contribution is -0.133. The Hall–Kier alpha value is -2.94. The van der Waals surface area contributed by atoms with Gasteiger partial charge in [-0.1, -0.05) is 5.21 Å². The van der Waals surface area contributed by atoms with Gasteiger partial charge in [0, 0.05) is 38.2 Å². The van der Waals surface area contributed by atoms with E-state index in [-0.39, 0.29) is 17.7 Å². The zero-order valence-corrected chi connectivity index (χ0v) is 18.1. The highest BCUT2D eigenvalue weighted by molar-refractivity contribution is 5.79. The van der Waals surface area contributed by atoms with Crippen molar-refractivity contribution < 1.29 is 14.3 Å². The fraction of sp³-hybridized carbons (Fsp3) is 0.545. The van der Waals surface area contributed by atoms with Crippen LogP contribution in [0.2, 0.25) is 0 Å². The molecule has 1 aromatic heterocycles. The number of fused-ring (bicyclic) bond motifs is 3. The third-order valence-corrected chi connectivity index (χ3v) is 6.34. The second kappa shape index (κ2) is 9.47. The predicted molar refractivity (Wildman–Crippen MR) is 115 cm³/mol. The van der Waals surface area contributed by atoms with E-state index < -0.39 is 0 Å². The van der Waals surface area contributed by atoms with Gasteiger partial charge in [0.25, 0.3) is 0 Å². The number of piperidine rings is 3. The summed E-state index contributed by atoms with van der Waals surface area (Å²) in [6, 6.07) is 8.17. The Morgan fingerprint density at radius 3 is 2.65 bits per heavy atom. The third-order valence-electron chi connectivity index (χ3n) is 6.34. The molecule has 4 heterocycles. The van der Waals surface area contributed by atoms with Crippen LogP contribution in [0.15, 0.2) is 30.5 Å². The van der Waals surface area contributed by atoms with Gasteiger partial charge in [-0.05, 0) is 49.6 Å². The van der Waals surface area contributed by atoms with Crippen molar-refractivity contribution in [3.8, 4) is 17.0 Å². The molecule has 3 fully saturated rings. The highest BCUT2D eigenvalue weighted by Gasteiger charge is 2.43. The van der Waals surface area contributed by atoms with Crippen LogP contribution in [0.3, 0.4) is 0 Å². The van der Waals surface area contributed by atoms with E-state index in [0.29, 0.717) is 25.0 Å². The number of methoxy groups -OCH3 is 1. The first kappa shape index (κ1) is 21.3. The zero-order chi connectivity index (χ0) is 21.8. The van der Waals surface area contributed by atoms with E-state index in [9.17, 15) is 9.59 Å². The van der Waals surface area contributed by atoms with Crippen molar-refractivity contribution in [3.05, 3.63) is 30.5 Å². The van der Waals surface area contributed by atoms with E-state index in [2.05, 4.69) is 25.8 Å². The summed E-state index contributed by atoms with van der Waals surface area (Å²) in [6.45, 7) is 4.99. The van der Waals surface area contributed by atoms with Crippen LogP contribution in [0.4, 0.5) is 0 Å². The van der Waals surface area contributed by atoms with Crippen molar-refractivity contribution in [2.24, 2.45) is 11.8 Å². The van der Waals surface area contributed by atoms with Crippen molar-refractivity contribution >= 4 is 11.8 Å². The maximum Gasteiger partial charge on any atom is 0.224 e. The number of benzene rings is 1. The summed E-state index contributed by atoms with van der Waals surface area (Å²) in [5, 5.41) is 14.3. The Kier molecular flexibility index (Phi) is 6.50. The normalized spacial score (nSPS) is 24.6. The Labute approximate surface area is 182 Å². The molecular formula is C22H30N6O3. The lowest BCUT2D eigenvalue weighted by Crippen LogP contribution is -2.58. The summed E-state index contributed by atoms with van der Waals surface area (Å²) < 4.78 is 7.12. The molecule has 3 saturated heterocycles. The maximum atomic E-state index is 12.6. The molecule has 0 radical (unpaired) electrons. The molecule has 2 N–H and O–H groups in total. The Morgan fingerprint density at radius 2 is 1.97 bits per heavy atom. The van der Waals surface area contributed by atoms with Gasteiger partial charge in [-0.15, -0.1) is 5.10 Å². The summed E-state index contributed by atoms with van der Waals surface area (Å²) in [4.78, 5) is 26.0. The summed E-state index contributed by atoms with van der Waals surface area (Å²) in [7, 11) is 1.65. The summed E-state index contributed by atoms with van der Waals surface area (Å²) in [5.41, 5.74) is 1.85. The second-order valence-electron chi connectivity index (χ2n) is 8.37. The molecule has 9 nitrogen and oxygen atoms in total. The third kappa shape index (κ3) is 5.04. The molecule has 1 aromatic carbocycles. The first-order valence-corrected chi connectivity index (χ1v) is 10.8. The molecule has 166 valence electrons. The van der Waals surface area contributed by atoms with E-state index in [1.807, 2.05) is 35.1 Å². The fourth-order valence-electron chi connectivity index (χ4n) is 4.68. The molecule has 0 saturated carbocycles. The van der Waals surface area contributed by atoms with Crippen LogP contribution in [0.25, 0.3) is 11.3 Å². The monoisotopic (exact) mass is 426 g/mol. The lowest BCUT2D eigenvalue weighted by atomic mass is 9.75. The highest BCUT2D eigenvalue weighted by Crippen LogP contribution is 2.37. The Morgan fingerprint density at radius 1 is 1.19 bits per heavy atom. The second-order valence-corrected chi connectivity index (χ2v) is 8.37. The molecule has 9 heteroatoms. The molecule has 2 amide bonds. The van der Waals surface area contributed by atoms with E-state index >= 15 is 0 Å². The van der Waals surface area contributed by atoms with Crippen molar-refractivity contribution in [2.45, 2.75) is 32.4 Å². The van der Waals surface area contributed by atoms with Gasteiger partial charge in [-0.2, -0.15) is 0 Å². The predicted octanol–water partition coefficient (Wildman–Crippen LogP) is 0.916. The number of nitrogens with zero attached hydrogens (tertiary/aromatic N) is 4. The number of aromatic nitrogens is 3. The van der Waals surface area contributed by atoms with Crippen molar-refractivity contribution in [2.75, 3.05) is 33.3 Å². The van der Waals surface area contributed by atoms with Crippen LogP contribution in [0.5, 0.6) is 5.75 Å². The molecule has 0 spiro atoms. The number of carbonyl (C=O) groups is 2. The number of ether oxygens (including phenoxy) is 1. The maximum absolute atomic E-state index is 12.6. The van der Waals surface area contributed by atoms with Gasteiger partial charge in [-0.3, -0.25) is 19.2 Å². The number of carbonyl (C=O) groups excluding carboxylic acids is 2. The summed E-state index contributed by atoms with van der Waals surface area (Å²) >= 11 is 0. The number of nitrogens with one attached hydrogen (secondary N) is 2. The minimum atomic E-state index is -0.0804. The molecule has 3 aliphatic heterocycles. The molecule has 0 aliphatic carbocycles. The molecule has 4 atom stereocenters. The summed E-state index contributed by atoms with van der Waals surface area (Å²) in [5.74, 6) is 1.24. The van der Waals surface area contributed by atoms with Crippen LogP contribution in [0.1, 0.15) is 19.8 Å². The molecule has 31 heavy (non-hydrogen) atoms. The number of hydrogen-bond acceptors (Lipinski definition) is 6. The average molecular weight is 427 g/mol. The minimum absolute atomic E-state index is 0.0212. The van der Waals surface area contributed by atoms with Crippen LogP contribution in [0, 0.1) is 11.8 Å². The van der Waals surface area contributed by atoms with Crippen LogP contribution in [-0.2, 0) is 16.1 Å². The van der Waals surface area contributed by atoms with Gasteiger partial charge in [-0.25, -0.2) is 0 Å². The first-order chi connectivity index (χ1) is 15.0. The van der Waals surface area contributed by atoms with Gasteiger partial charge >= 0.3 is 0 Å². The molecule has 2 bridgehead atoms. The quantitative estimate of drug-likeness (QED) is 0.609. The number of rotatable bonds is 8. The average Bonchev–Trinajstić information content (AvgIpc) is 3.25. The van der Waals surface area contributed by atoms with E-state index in [1.165, 1.54) is 6.92 Å². The van der Waals surface area contributed by atoms with Crippen molar-refractivity contribution in [1.82, 2.24) is 30.5 Å².